The summed E-state index contributed by atoms with van der Waals surface area (Å²) in [5.74, 6) is -0.537. The summed E-state index contributed by atoms with van der Waals surface area (Å²) in [7, 11) is 1.71. The Hall–Kier alpha value is -2.94. The van der Waals surface area contributed by atoms with Gasteiger partial charge in [0.05, 0.1) is 11.0 Å². The molecule has 0 saturated carbocycles. The largest absolute Gasteiger partial charge is 0.340 e. The van der Waals surface area contributed by atoms with Crippen LogP contribution in [0.1, 0.15) is 50.1 Å². The summed E-state index contributed by atoms with van der Waals surface area (Å²) in [6.07, 6.45) is 4.69. The average Bonchev–Trinajstić information content (AvgIpc) is 3.24. The molecule has 170 valence electrons. The number of para-hydroxylation sites is 1. The Balaban J connectivity index is 1.33. The molecule has 0 spiro atoms. The van der Waals surface area contributed by atoms with E-state index in [2.05, 4.69) is 10.6 Å². The maximum Gasteiger partial charge on any atom is 0.329 e. The van der Waals surface area contributed by atoms with Crippen molar-refractivity contribution < 1.29 is 14.4 Å². The van der Waals surface area contributed by atoms with Gasteiger partial charge in [0.1, 0.15) is 6.04 Å². The number of carbonyl (C=O) groups is 3. The second-order valence-electron chi connectivity index (χ2n) is 9.25. The SMILES string of the molecule is Cn1c(=O)n(C2CCC(=O)NC2=O)c2cccc(CCCC(=O)N3C[C@H]4CC[C@@H](C3)N4)c21. The van der Waals surface area contributed by atoms with Crippen molar-refractivity contribution in [2.75, 3.05) is 13.1 Å². The van der Waals surface area contributed by atoms with Crippen LogP contribution in [0, 0.1) is 0 Å². The van der Waals surface area contributed by atoms with Crippen molar-refractivity contribution in [2.45, 2.75) is 63.1 Å². The number of imide groups is 1. The lowest BCUT2D eigenvalue weighted by Gasteiger charge is -2.33. The monoisotopic (exact) mass is 439 g/mol. The molecule has 9 nitrogen and oxygen atoms in total. The van der Waals surface area contributed by atoms with Gasteiger partial charge in [0.2, 0.25) is 17.7 Å². The zero-order chi connectivity index (χ0) is 22.4. The summed E-state index contributed by atoms with van der Waals surface area (Å²) in [5, 5.41) is 5.89. The van der Waals surface area contributed by atoms with Crippen LogP contribution in [-0.4, -0.2) is 56.9 Å². The molecule has 5 rings (SSSR count). The molecule has 4 heterocycles. The molecule has 2 aromatic rings. The van der Waals surface area contributed by atoms with E-state index in [1.54, 1.807) is 11.6 Å². The molecule has 2 N–H and O–H groups in total. The Kier molecular flexibility index (Phi) is 5.36. The Bertz CT molecular complexity index is 1140. The maximum absolute atomic E-state index is 13.0. The van der Waals surface area contributed by atoms with Crippen LogP contribution in [0.5, 0.6) is 0 Å². The molecule has 9 heteroatoms. The number of imidazole rings is 1. The summed E-state index contributed by atoms with van der Waals surface area (Å²) in [6.45, 7) is 1.60. The lowest BCUT2D eigenvalue weighted by molar-refractivity contribution is -0.136. The molecule has 3 saturated heterocycles. The number of benzene rings is 1. The van der Waals surface area contributed by atoms with Gasteiger partial charge in [0.15, 0.2) is 0 Å². The van der Waals surface area contributed by atoms with E-state index in [1.165, 1.54) is 4.57 Å². The number of rotatable bonds is 5. The van der Waals surface area contributed by atoms with E-state index >= 15 is 0 Å². The van der Waals surface area contributed by atoms with Gasteiger partial charge in [0, 0.05) is 45.1 Å². The highest BCUT2D eigenvalue weighted by molar-refractivity contribution is 6.00. The Morgan fingerprint density at radius 3 is 2.56 bits per heavy atom. The number of aromatic nitrogens is 2. The van der Waals surface area contributed by atoms with Gasteiger partial charge in [0.25, 0.3) is 0 Å². The summed E-state index contributed by atoms with van der Waals surface area (Å²) < 4.78 is 3.08. The predicted molar refractivity (Wildman–Crippen MR) is 118 cm³/mol. The van der Waals surface area contributed by atoms with Gasteiger partial charge in [-0.05, 0) is 43.7 Å². The zero-order valence-electron chi connectivity index (χ0n) is 18.3. The minimum Gasteiger partial charge on any atom is -0.340 e. The molecular weight excluding hydrogens is 410 g/mol. The van der Waals surface area contributed by atoms with Crippen LogP contribution in [0.3, 0.4) is 0 Å². The van der Waals surface area contributed by atoms with Gasteiger partial charge in [-0.2, -0.15) is 0 Å². The number of piperidine rings is 1. The van der Waals surface area contributed by atoms with Gasteiger partial charge in [-0.1, -0.05) is 12.1 Å². The number of hydrogen-bond donors (Lipinski definition) is 2. The van der Waals surface area contributed by atoms with Crippen molar-refractivity contribution in [3.05, 3.63) is 34.2 Å². The lowest BCUT2D eigenvalue weighted by atomic mass is 10.0. The third-order valence-electron chi connectivity index (χ3n) is 7.11. The third kappa shape index (κ3) is 3.64. The highest BCUT2D eigenvalue weighted by Crippen LogP contribution is 2.26. The minimum absolute atomic E-state index is 0.200. The number of carbonyl (C=O) groups excluding carboxylic acids is 3. The number of piperazine rings is 1. The summed E-state index contributed by atoms with van der Waals surface area (Å²) in [5.41, 5.74) is 2.19. The van der Waals surface area contributed by atoms with Gasteiger partial charge in [-0.25, -0.2) is 4.79 Å². The highest BCUT2D eigenvalue weighted by atomic mass is 16.2. The Morgan fingerprint density at radius 2 is 1.84 bits per heavy atom. The van der Waals surface area contributed by atoms with E-state index in [4.69, 9.17) is 0 Å². The zero-order valence-corrected chi connectivity index (χ0v) is 18.3. The van der Waals surface area contributed by atoms with Gasteiger partial charge >= 0.3 is 5.69 Å². The number of hydrogen-bond acceptors (Lipinski definition) is 5. The number of likely N-dealkylation sites (tertiary alicyclic amines) is 1. The highest BCUT2D eigenvalue weighted by Gasteiger charge is 2.34. The fourth-order valence-corrected chi connectivity index (χ4v) is 5.54. The second kappa shape index (κ2) is 8.20. The molecule has 3 fully saturated rings. The van der Waals surface area contributed by atoms with E-state index in [1.807, 2.05) is 23.1 Å². The van der Waals surface area contributed by atoms with E-state index in [-0.39, 0.29) is 23.9 Å². The van der Waals surface area contributed by atoms with Crippen molar-refractivity contribution in [2.24, 2.45) is 7.05 Å². The summed E-state index contributed by atoms with van der Waals surface area (Å²) in [4.78, 5) is 51.7. The van der Waals surface area contributed by atoms with Crippen LogP contribution in [-0.2, 0) is 27.9 Å². The van der Waals surface area contributed by atoms with Crippen molar-refractivity contribution in [1.82, 2.24) is 24.7 Å². The number of amides is 3. The smallest absolute Gasteiger partial charge is 0.329 e. The van der Waals surface area contributed by atoms with Crippen molar-refractivity contribution in [1.29, 1.82) is 0 Å². The van der Waals surface area contributed by atoms with Crippen LogP contribution >= 0.6 is 0 Å². The van der Waals surface area contributed by atoms with Gasteiger partial charge in [-0.3, -0.25) is 28.8 Å². The molecule has 1 aromatic heterocycles. The van der Waals surface area contributed by atoms with Gasteiger partial charge < -0.3 is 10.2 Å². The second-order valence-corrected chi connectivity index (χ2v) is 9.25. The van der Waals surface area contributed by atoms with Crippen LogP contribution in [0.25, 0.3) is 11.0 Å². The summed E-state index contributed by atoms with van der Waals surface area (Å²) >= 11 is 0. The molecule has 3 aliphatic rings. The fourth-order valence-electron chi connectivity index (χ4n) is 5.54. The molecule has 3 aliphatic heterocycles. The normalized spacial score (nSPS) is 25.4. The first kappa shape index (κ1) is 20.9. The van der Waals surface area contributed by atoms with E-state index < -0.39 is 11.9 Å². The van der Waals surface area contributed by atoms with Gasteiger partial charge in [-0.15, -0.1) is 0 Å². The topological polar surface area (TPSA) is 105 Å². The maximum atomic E-state index is 13.0. The number of aryl methyl sites for hydroxylation is 2. The molecule has 3 atom stereocenters. The van der Waals surface area contributed by atoms with Crippen LogP contribution in [0.15, 0.2) is 23.0 Å². The third-order valence-corrected chi connectivity index (χ3v) is 7.11. The first-order valence-corrected chi connectivity index (χ1v) is 11.5. The van der Waals surface area contributed by atoms with Crippen LogP contribution < -0.4 is 16.3 Å². The number of nitrogens with one attached hydrogen (secondary N) is 2. The number of nitrogens with zero attached hydrogens (tertiary/aromatic N) is 3. The van der Waals surface area contributed by atoms with Crippen LogP contribution in [0.2, 0.25) is 0 Å². The van der Waals surface area contributed by atoms with Crippen molar-refractivity contribution in [3.63, 3.8) is 0 Å². The number of fused-ring (bicyclic) bond motifs is 3. The van der Waals surface area contributed by atoms with E-state index in [0.29, 0.717) is 43.3 Å². The molecular formula is C23H29N5O4. The molecule has 1 aromatic carbocycles. The van der Waals surface area contributed by atoms with Crippen molar-refractivity contribution in [3.8, 4) is 0 Å². The van der Waals surface area contributed by atoms with E-state index in [0.717, 1.165) is 37.0 Å². The molecule has 2 bridgehead atoms. The molecule has 3 amide bonds. The first-order valence-electron chi connectivity index (χ1n) is 11.5. The Labute approximate surface area is 185 Å². The quantitative estimate of drug-likeness (QED) is 0.664. The first-order chi connectivity index (χ1) is 15.4. The average molecular weight is 440 g/mol. The van der Waals surface area contributed by atoms with Crippen LogP contribution in [0.4, 0.5) is 0 Å². The minimum atomic E-state index is -0.691. The molecule has 32 heavy (non-hydrogen) atoms. The summed E-state index contributed by atoms with van der Waals surface area (Å²) in [6, 6.07) is 5.89. The predicted octanol–water partition coefficient (Wildman–Crippen LogP) is 0.603. The molecule has 0 radical (unpaired) electrons. The molecule has 0 aliphatic carbocycles. The standard InChI is InChI=1S/C23H29N5O4/c1-26-21-14(5-3-7-20(30)27-12-15-8-9-16(13-27)24-15)4-2-6-17(21)28(23(26)32)18-10-11-19(29)25-22(18)31/h2,4,6,15-16,18,24H,3,5,7-13H2,1H3,(H,25,29,31)/t15-,16+,18?. The van der Waals surface area contributed by atoms with Crippen molar-refractivity contribution >= 4 is 28.8 Å². The molecule has 1 unspecified atom stereocenters. The van der Waals surface area contributed by atoms with E-state index in [9.17, 15) is 19.2 Å². The lowest BCUT2D eigenvalue weighted by Crippen LogP contribution is -2.53. The Morgan fingerprint density at radius 1 is 1.09 bits per heavy atom. The fraction of sp³-hybridized carbons (Fsp3) is 0.565.